The van der Waals surface area contributed by atoms with E-state index in [0.717, 1.165) is 6.07 Å². The van der Waals surface area contributed by atoms with Crippen molar-refractivity contribution in [1.82, 2.24) is 14.5 Å². The summed E-state index contributed by atoms with van der Waals surface area (Å²) in [5.74, 6) is -0.139. The Bertz CT molecular complexity index is 788. The van der Waals surface area contributed by atoms with E-state index >= 15 is 0 Å². The third-order valence-electron chi connectivity index (χ3n) is 4.29. The molecule has 1 N–H and O–H groups in total. The monoisotopic (exact) mass is 382 g/mol. The van der Waals surface area contributed by atoms with Crippen LogP contribution in [0.15, 0.2) is 41.8 Å². The van der Waals surface area contributed by atoms with Gasteiger partial charge in [-0.05, 0) is 13.0 Å². The van der Waals surface area contributed by atoms with Crippen LogP contribution in [0, 0.1) is 10.1 Å². The van der Waals surface area contributed by atoms with Gasteiger partial charge in [-0.2, -0.15) is 4.31 Å². The summed E-state index contributed by atoms with van der Waals surface area (Å²) in [7, 11) is -3.81. The quantitative estimate of drug-likeness (QED) is 0.420. The van der Waals surface area contributed by atoms with E-state index in [4.69, 9.17) is 0 Å². The van der Waals surface area contributed by atoms with Crippen molar-refractivity contribution in [3.63, 3.8) is 0 Å². The number of benzene rings is 1. The molecule has 0 aliphatic carbocycles. The van der Waals surface area contributed by atoms with E-state index in [1.807, 2.05) is 4.90 Å². The minimum atomic E-state index is -3.81. The zero-order valence-corrected chi connectivity index (χ0v) is 15.3. The van der Waals surface area contributed by atoms with Crippen molar-refractivity contribution in [3.8, 4) is 0 Å². The molecule has 0 unspecified atom stereocenters. The number of nitro groups is 1. The minimum absolute atomic E-state index is 0.100. The third-order valence-corrected chi connectivity index (χ3v) is 6.18. The molecule has 142 valence electrons. The number of nitrogens with zero attached hydrogens (tertiary/aromatic N) is 3. The van der Waals surface area contributed by atoms with E-state index < -0.39 is 14.9 Å². The maximum Gasteiger partial charge on any atom is 0.270 e. The molecule has 10 heteroatoms. The zero-order valence-electron chi connectivity index (χ0n) is 14.5. The minimum Gasteiger partial charge on any atom is -0.351 e. The number of non-ortho nitro benzene ring substituents is 1. The Labute approximate surface area is 152 Å². The number of rotatable bonds is 7. The van der Waals surface area contributed by atoms with Gasteiger partial charge in [0.2, 0.25) is 15.9 Å². The molecule has 1 saturated heterocycles. The van der Waals surface area contributed by atoms with Gasteiger partial charge in [0.1, 0.15) is 0 Å². The first-order chi connectivity index (χ1) is 12.3. The highest BCUT2D eigenvalue weighted by molar-refractivity contribution is 7.89. The van der Waals surface area contributed by atoms with Crippen molar-refractivity contribution in [3.05, 3.63) is 47.0 Å². The second-order valence-electron chi connectivity index (χ2n) is 5.90. The predicted octanol–water partition coefficient (Wildman–Crippen LogP) is 0.592. The van der Waals surface area contributed by atoms with Crippen molar-refractivity contribution in [2.24, 2.45) is 0 Å². The SMILES string of the molecule is C=CCNC(=O)[C@@H](C)N1CCN(S(=O)(=O)c2cccc([N+](=O)[O-])c2)CC1. The lowest BCUT2D eigenvalue weighted by molar-refractivity contribution is -0.385. The highest BCUT2D eigenvalue weighted by Crippen LogP contribution is 2.22. The fourth-order valence-electron chi connectivity index (χ4n) is 2.72. The molecule has 1 amide bonds. The van der Waals surface area contributed by atoms with Crippen molar-refractivity contribution in [2.45, 2.75) is 17.9 Å². The molecule has 2 rings (SSSR count). The van der Waals surface area contributed by atoms with E-state index in [-0.39, 0.29) is 35.6 Å². The normalized spacial score (nSPS) is 17.4. The largest absolute Gasteiger partial charge is 0.351 e. The molecule has 1 aromatic carbocycles. The predicted molar refractivity (Wildman–Crippen MR) is 96.1 cm³/mol. The van der Waals surface area contributed by atoms with E-state index in [9.17, 15) is 23.3 Å². The first-order valence-corrected chi connectivity index (χ1v) is 9.58. The molecule has 1 heterocycles. The van der Waals surface area contributed by atoms with Gasteiger partial charge >= 0.3 is 0 Å². The van der Waals surface area contributed by atoms with Gasteiger partial charge in [0.15, 0.2) is 0 Å². The molecule has 26 heavy (non-hydrogen) atoms. The second kappa shape index (κ2) is 8.39. The number of carbonyl (C=O) groups excluding carboxylic acids is 1. The molecular weight excluding hydrogens is 360 g/mol. The number of nitrogens with one attached hydrogen (secondary N) is 1. The van der Waals surface area contributed by atoms with Crippen LogP contribution in [0.4, 0.5) is 5.69 Å². The van der Waals surface area contributed by atoms with E-state index in [2.05, 4.69) is 11.9 Å². The molecule has 1 aliphatic rings. The van der Waals surface area contributed by atoms with Crippen LogP contribution >= 0.6 is 0 Å². The number of hydrogen-bond acceptors (Lipinski definition) is 6. The van der Waals surface area contributed by atoms with Crippen LogP contribution in [0.3, 0.4) is 0 Å². The molecular formula is C16H22N4O5S. The first kappa shape index (κ1) is 20.0. The Morgan fingerprint density at radius 3 is 2.62 bits per heavy atom. The maximum absolute atomic E-state index is 12.7. The van der Waals surface area contributed by atoms with Crippen LogP contribution < -0.4 is 5.32 Å². The fraction of sp³-hybridized carbons (Fsp3) is 0.438. The van der Waals surface area contributed by atoms with Gasteiger partial charge in [-0.3, -0.25) is 19.8 Å². The lowest BCUT2D eigenvalue weighted by Gasteiger charge is -2.36. The highest BCUT2D eigenvalue weighted by atomic mass is 32.2. The summed E-state index contributed by atoms with van der Waals surface area (Å²) >= 11 is 0. The molecule has 1 fully saturated rings. The number of amides is 1. The van der Waals surface area contributed by atoms with Crippen LogP contribution in [-0.2, 0) is 14.8 Å². The topological polar surface area (TPSA) is 113 Å². The van der Waals surface area contributed by atoms with Crippen molar-refractivity contribution in [1.29, 1.82) is 0 Å². The lowest BCUT2D eigenvalue weighted by Crippen LogP contribution is -2.54. The number of sulfonamides is 1. The molecule has 1 atom stereocenters. The van der Waals surface area contributed by atoms with Crippen molar-refractivity contribution < 1.29 is 18.1 Å². The van der Waals surface area contributed by atoms with Gasteiger partial charge in [-0.25, -0.2) is 8.42 Å². The Hall–Kier alpha value is -2.30. The van der Waals surface area contributed by atoms with Gasteiger partial charge < -0.3 is 5.32 Å². The van der Waals surface area contributed by atoms with Gasteiger partial charge in [0.25, 0.3) is 5.69 Å². The molecule has 0 spiro atoms. The third kappa shape index (κ3) is 4.45. The summed E-state index contributed by atoms with van der Waals surface area (Å²) in [4.78, 5) is 24.0. The Morgan fingerprint density at radius 2 is 2.04 bits per heavy atom. The van der Waals surface area contributed by atoms with Crippen LogP contribution in [-0.4, -0.2) is 67.2 Å². The van der Waals surface area contributed by atoms with Gasteiger partial charge in [0, 0.05) is 44.9 Å². The van der Waals surface area contributed by atoms with E-state index in [1.165, 1.54) is 22.5 Å². The van der Waals surface area contributed by atoms with Crippen molar-refractivity contribution in [2.75, 3.05) is 32.7 Å². The van der Waals surface area contributed by atoms with Gasteiger partial charge in [-0.1, -0.05) is 12.1 Å². The fourth-order valence-corrected chi connectivity index (χ4v) is 4.19. The average Bonchev–Trinajstić information content (AvgIpc) is 2.65. The molecule has 1 aliphatic heterocycles. The summed E-state index contributed by atoms with van der Waals surface area (Å²) in [6, 6.07) is 4.64. The molecule has 1 aromatic rings. The molecule has 0 aromatic heterocycles. The van der Waals surface area contributed by atoms with E-state index in [0.29, 0.717) is 19.6 Å². The summed E-state index contributed by atoms with van der Waals surface area (Å²) in [5.41, 5.74) is -0.266. The summed E-state index contributed by atoms with van der Waals surface area (Å²) < 4.78 is 26.7. The molecule has 0 bridgehead atoms. The van der Waals surface area contributed by atoms with Crippen molar-refractivity contribution >= 4 is 21.6 Å². The summed E-state index contributed by atoms with van der Waals surface area (Å²) in [6.07, 6.45) is 1.59. The highest BCUT2D eigenvalue weighted by Gasteiger charge is 2.32. The average molecular weight is 382 g/mol. The summed E-state index contributed by atoms with van der Waals surface area (Å²) in [6.45, 7) is 6.91. The van der Waals surface area contributed by atoms with Gasteiger partial charge in [0.05, 0.1) is 15.9 Å². The second-order valence-corrected chi connectivity index (χ2v) is 7.84. The van der Waals surface area contributed by atoms with Crippen LogP contribution in [0.2, 0.25) is 0 Å². The molecule has 0 saturated carbocycles. The lowest BCUT2D eigenvalue weighted by atomic mass is 10.2. The van der Waals surface area contributed by atoms with Crippen LogP contribution in [0.1, 0.15) is 6.92 Å². The molecule has 9 nitrogen and oxygen atoms in total. The molecule has 0 radical (unpaired) electrons. The summed E-state index contributed by atoms with van der Waals surface area (Å²) in [5, 5.41) is 13.6. The Balaban J connectivity index is 2.04. The van der Waals surface area contributed by atoms with Crippen LogP contribution in [0.5, 0.6) is 0 Å². The first-order valence-electron chi connectivity index (χ1n) is 8.14. The number of piperazine rings is 1. The Kier molecular flexibility index (Phi) is 6.46. The van der Waals surface area contributed by atoms with Crippen LogP contribution in [0.25, 0.3) is 0 Å². The zero-order chi connectivity index (χ0) is 19.3. The maximum atomic E-state index is 12.7. The standard InChI is InChI=1S/C16H22N4O5S/c1-3-7-17-16(21)13(2)18-8-10-19(11-9-18)26(24,25)15-6-4-5-14(12-15)20(22)23/h3-6,12-13H,1,7-11H2,2H3,(H,17,21)/t13-/m1/s1. The number of hydrogen-bond donors (Lipinski definition) is 1. The van der Waals surface area contributed by atoms with Gasteiger partial charge in [-0.15, -0.1) is 6.58 Å². The number of carbonyl (C=O) groups is 1. The number of nitro benzene ring substituents is 1. The van der Waals surface area contributed by atoms with E-state index in [1.54, 1.807) is 13.0 Å². The smallest absolute Gasteiger partial charge is 0.270 e. The Morgan fingerprint density at radius 1 is 1.38 bits per heavy atom.